The van der Waals surface area contributed by atoms with Crippen LogP contribution < -0.4 is 0 Å². The van der Waals surface area contributed by atoms with Crippen molar-refractivity contribution in [2.24, 2.45) is 0 Å². The van der Waals surface area contributed by atoms with Crippen LogP contribution in [-0.2, 0) is 4.79 Å². The Kier molecular flexibility index (Phi) is 10.9. The van der Waals surface area contributed by atoms with E-state index < -0.39 is 0 Å². The second kappa shape index (κ2) is 11.0. The third-order valence-electron chi connectivity index (χ3n) is 1.96. The van der Waals surface area contributed by atoms with E-state index >= 15 is 0 Å². The standard InChI is InChI=1S/C10H19ClO/c11-9-7-5-3-1-2-4-6-8-10-12/h10H,1-9H2. The van der Waals surface area contributed by atoms with E-state index in [-0.39, 0.29) is 0 Å². The predicted octanol–water partition coefficient (Wildman–Crippen LogP) is 3.54. The van der Waals surface area contributed by atoms with Crippen molar-refractivity contribution in [3.63, 3.8) is 0 Å². The van der Waals surface area contributed by atoms with Gasteiger partial charge in [0.05, 0.1) is 0 Å². The molecule has 0 aromatic heterocycles. The summed E-state index contributed by atoms with van der Waals surface area (Å²) in [6, 6.07) is 0. The SMILES string of the molecule is O=CCCCCCCCCCCl. The van der Waals surface area contributed by atoms with Gasteiger partial charge in [-0.3, -0.25) is 0 Å². The third kappa shape index (κ3) is 9.96. The molecule has 2 heteroatoms. The van der Waals surface area contributed by atoms with E-state index in [0.29, 0.717) is 0 Å². The zero-order valence-corrected chi connectivity index (χ0v) is 8.48. The maximum absolute atomic E-state index is 9.96. The molecule has 1 nitrogen and oxygen atoms in total. The van der Waals surface area contributed by atoms with Gasteiger partial charge in [0, 0.05) is 12.3 Å². The lowest BCUT2D eigenvalue weighted by Crippen LogP contribution is -1.82. The summed E-state index contributed by atoms with van der Waals surface area (Å²) in [5.41, 5.74) is 0. The Labute approximate surface area is 80.5 Å². The lowest BCUT2D eigenvalue weighted by Gasteiger charge is -1.98. The van der Waals surface area contributed by atoms with E-state index in [2.05, 4.69) is 0 Å². The molecule has 0 N–H and O–H groups in total. The lowest BCUT2D eigenvalue weighted by molar-refractivity contribution is -0.107. The van der Waals surface area contributed by atoms with Gasteiger partial charge in [-0.1, -0.05) is 32.1 Å². The molecule has 72 valence electrons. The van der Waals surface area contributed by atoms with E-state index in [4.69, 9.17) is 11.6 Å². The first-order valence-electron chi connectivity index (χ1n) is 4.91. The van der Waals surface area contributed by atoms with Gasteiger partial charge in [0.2, 0.25) is 0 Å². The van der Waals surface area contributed by atoms with Crippen LogP contribution >= 0.6 is 11.6 Å². The average molecular weight is 191 g/mol. The van der Waals surface area contributed by atoms with E-state index in [9.17, 15) is 4.79 Å². The van der Waals surface area contributed by atoms with Crippen LogP contribution in [0.2, 0.25) is 0 Å². The molecule has 0 atom stereocenters. The molecular formula is C10H19ClO. The van der Waals surface area contributed by atoms with E-state index in [1.165, 1.54) is 32.1 Å². The summed E-state index contributed by atoms with van der Waals surface area (Å²) in [5.74, 6) is 0.797. The average Bonchev–Trinajstić information content (AvgIpc) is 2.10. The van der Waals surface area contributed by atoms with Gasteiger partial charge in [0.1, 0.15) is 6.29 Å². The van der Waals surface area contributed by atoms with Crippen LogP contribution in [0.3, 0.4) is 0 Å². The van der Waals surface area contributed by atoms with Crippen LogP contribution in [0.1, 0.15) is 51.4 Å². The number of hydrogen-bond acceptors (Lipinski definition) is 1. The molecule has 0 aromatic rings. The topological polar surface area (TPSA) is 17.1 Å². The zero-order chi connectivity index (χ0) is 9.07. The fraction of sp³-hybridized carbons (Fsp3) is 0.900. The summed E-state index contributed by atoms with van der Waals surface area (Å²) in [5, 5.41) is 0. The number of carbonyl (C=O) groups is 1. The number of carbonyl (C=O) groups excluding carboxylic acids is 1. The Morgan fingerprint density at radius 1 is 0.833 bits per heavy atom. The van der Waals surface area contributed by atoms with Crippen molar-refractivity contribution >= 4 is 17.9 Å². The summed E-state index contributed by atoms with van der Waals surface area (Å²) >= 11 is 5.54. The molecule has 0 saturated heterocycles. The van der Waals surface area contributed by atoms with Gasteiger partial charge in [0.25, 0.3) is 0 Å². The lowest BCUT2D eigenvalue weighted by atomic mass is 10.1. The number of rotatable bonds is 9. The van der Waals surface area contributed by atoms with Gasteiger partial charge in [-0.25, -0.2) is 0 Å². The van der Waals surface area contributed by atoms with Gasteiger partial charge in [-0.05, 0) is 12.8 Å². The second-order valence-corrected chi connectivity index (χ2v) is 3.50. The number of halogens is 1. The van der Waals surface area contributed by atoms with Gasteiger partial charge in [0.15, 0.2) is 0 Å². The van der Waals surface area contributed by atoms with Crippen molar-refractivity contribution in [2.45, 2.75) is 51.4 Å². The number of unbranched alkanes of at least 4 members (excludes halogenated alkanes) is 7. The minimum atomic E-state index is 0.738. The second-order valence-electron chi connectivity index (χ2n) is 3.12. The van der Waals surface area contributed by atoms with Gasteiger partial charge in [-0.15, -0.1) is 11.6 Å². The highest BCUT2D eigenvalue weighted by atomic mass is 35.5. The Bertz CT molecular complexity index is 93.8. The molecule has 0 aliphatic rings. The van der Waals surface area contributed by atoms with E-state index in [1.807, 2.05) is 0 Å². The Balaban J connectivity index is 2.77. The zero-order valence-electron chi connectivity index (χ0n) is 7.73. The molecular weight excluding hydrogens is 172 g/mol. The van der Waals surface area contributed by atoms with Crippen LogP contribution in [0.15, 0.2) is 0 Å². The highest BCUT2D eigenvalue weighted by Crippen LogP contribution is 2.08. The van der Waals surface area contributed by atoms with Crippen LogP contribution in [0.5, 0.6) is 0 Å². The predicted molar refractivity (Wildman–Crippen MR) is 53.7 cm³/mol. The maximum Gasteiger partial charge on any atom is 0.119 e. The Morgan fingerprint density at radius 3 is 1.83 bits per heavy atom. The van der Waals surface area contributed by atoms with Gasteiger partial charge >= 0.3 is 0 Å². The Hall–Kier alpha value is -0.0400. The normalized spacial score (nSPS) is 10.1. The number of alkyl halides is 1. The summed E-state index contributed by atoms with van der Waals surface area (Å²) in [6.07, 6.45) is 10.3. The molecule has 0 rings (SSSR count). The molecule has 0 fully saturated rings. The molecule has 0 amide bonds. The molecule has 0 aliphatic carbocycles. The van der Waals surface area contributed by atoms with Crippen molar-refractivity contribution in [1.29, 1.82) is 0 Å². The summed E-state index contributed by atoms with van der Waals surface area (Å²) < 4.78 is 0. The van der Waals surface area contributed by atoms with Crippen LogP contribution in [0, 0.1) is 0 Å². The molecule has 12 heavy (non-hydrogen) atoms. The molecule has 0 saturated carbocycles. The minimum absolute atomic E-state index is 0.738. The molecule has 0 bridgehead atoms. The first-order valence-corrected chi connectivity index (χ1v) is 5.45. The Morgan fingerprint density at radius 2 is 1.33 bits per heavy atom. The summed E-state index contributed by atoms with van der Waals surface area (Å²) in [6.45, 7) is 0. The first kappa shape index (κ1) is 12.0. The van der Waals surface area contributed by atoms with Crippen molar-refractivity contribution in [1.82, 2.24) is 0 Å². The van der Waals surface area contributed by atoms with Crippen LogP contribution in [0.4, 0.5) is 0 Å². The fourth-order valence-electron chi connectivity index (χ4n) is 1.21. The minimum Gasteiger partial charge on any atom is -0.303 e. The fourth-order valence-corrected chi connectivity index (χ4v) is 1.40. The van der Waals surface area contributed by atoms with Crippen LogP contribution in [-0.4, -0.2) is 12.2 Å². The third-order valence-corrected chi connectivity index (χ3v) is 2.22. The van der Waals surface area contributed by atoms with Crippen molar-refractivity contribution in [2.75, 3.05) is 5.88 Å². The summed E-state index contributed by atoms with van der Waals surface area (Å²) in [7, 11) is 0. The smallest absolute Gasteiger partial charge is 0.119 e. The first-order chi connectivity index (χ1) is 5.91. The molecule has 0 heterocycles. The van der Waals surface area contributed by atoms with Crippen molar-refractivity contribution in [3.8, 4) is 0 Å². The largest absolute Gasteiger partial charge is 0.303 e. The highest BCUT2D eigenvalue weighted by Gasteiger charge is 1.90. The van der Waals surface area contributed by atoms with E-state index in [1.54, 1.807) is 0 Å². The number of hydrogen-bond donors (Lipinski definition) is 0. The molecule has 0 aliphatic heterocycles. The van der Waals surface area contributed by atoms with Crippen molar-refractivity contribution in [3.05, 3.63) is 0 Å². The van der Waals surface area contributed by atoms with Gasteiger partial charge in [-0.2, -0.15) is 0 Å². The quantitative estimate of drug-likeness (QED) is 0.309. The van der Waals surface area contributed by atoms with Gasteiger partial charge < -0.3 is 4.79 Å². The molecule has 0 aromatic carbocycles. The molecule has 0 unspecified atom stereocenters. The van der Waals surface area contributed by atoms with E-state index in [0.717, 1.165) is 31.4 Å². The maximum atomic E-state index is 9.96. The monoisotopic (exact) mass is 190 g/mol. The van der Waals surface area contributed by atoms with Crippen molar-refractivity contribution < 1.29 is 4.79 Å². The summed E-state index contributed by atoms with van der Waals surface area (Å²) in [4.78, 5) is 9.96. The van der Waals surface area contributed by atoms with Crippen LogP contribution in [0.25, 0.3) is 0 Å². The highest BCUT2D eigenvalue weighted by molar-refractivity contribution is 6.17. The molecule has 0 spiro atoms. The molecule has 0 radical (unpaired) electrons. The number of aldehydes is 1.